The first kappa shape index (κ1) is 14.7. The van der Waals surface area contributed by atoms with Crippen LogP contribution in [0.3, 0.4) is 0 Å². The maximum Gasteiger partial charge on any atom is 0.388 e. The summed E-state index contributed by atoms with van der Waals surface area (Å²) in [7, 11) is 1.18. The molecule has 106 valence electrons. The van der Waals surface area contributed by atoms with Gasteiger partial charge in [0, 0.05) is 0 Å². The molecule has 0 bridgehead atoms. The molecule has 0 amide bonds. The zero-order valence-corrected chi connectivity index (χ0v) is 9.39. The van der Waals surface area contributed by atoms with Crippen LogP contribution in [0.1, 0.15) is 0 Å². The van der Waals surface area contributed by atoms with Crippen molar-refractivity contribution in [3.63, 3.8) is 0 Å². The number of aliphatic imine (C=N–C) groups is 1. The van der Waals surface area contributed by atoms with Crippen molar-refractivity contribution < 1.29 is 31.8 Å². The molecular weight excluding hydrogens is 276 g/mol. The van der Waals surface area contributed by atoms with Crippen molar-refractivity contribution in [2.24, 2.45) is 10.7 Å². The van der Waals surface area contributed by atoms with Crippen molar-refractivity contribution in [1.29, 1.82) is 0 Å². The lowest BCUT2D eigenvalue weighted by Gasteiger charge is -2.07. The Hall–Kier alpha value is -2.33. The van der Waals surface area contributed by atoms with Crippen LogP contribution in [0.25, 0.3) is 0 Å². The summed E-state index contributed by atoms with van der Waals surface area (Å²) < 4.78 is 60.4. The Labute approximate surface area is 104 Å². The van der Waals surface area contributed by atoms with E-state index >= 15 is 0 Å². The summed E-state index contributed by atoms with van der Waals surface area (Å²) >= 11 is 0. The topological polar surface area (TPSA) is 91.9 Å². The standard InChI is InChI=1S/C8H8F4N4O3/c1-17-7(13)16-8-14-3(18-5(9)10)2-4(15-8)19-6(11)12/h2,5-6H,1H3,(H2,13,14,15,16). The third-order valence-corrected chi connectivity index (χ3v) is 1.51. The molecule has 0 atom stereocenters. The van der Waals surface area contributed by atoms with Crippen molar-refractivity contribution in [3.8, 4) is 11.8 Å². The average molecular weight is 284 g/mol. The molecule has 1 aromatic rings. The number of rotatable bonds is 5. The first-order chi connectivity index (χ1) is 8.90. The largest absolute Gasteiger partial charge is 0.468 e. The minimum Gasteiger partial charge on any atom is -0.468 e. The van der Waals surface area contributed by atoms with E-state index in [1.165, 1.54) is 7.11 Å². The van der Waals surface area contributed by atoms with Gasteiger partial charge in [0.05, 0.1) is 13.2 Å². The highest BCUT2D eigenvalue weighted by molar-refractivity contribution is 5.73. The second-order valence-corrected chi connectivity index (χ2v) is 2.76. The number of alkyl halides is 4. The monoisotopic (exact) mass is 284 g/mol. The number of hydrogen-bond acceptors (Lipinski definition) is 6. The van der Waals surface area contributed by atoms with Gasteiger partial charge in [0.15, 0.2) is 0 Å². The minimum absolute atomic E-state index is 0.405. The third-order valence-electron chi connectivity index (χ3n) is 1.51. The van der Waals surface area contributed by atoms with Crippen molar-refractivity contribution in [1.82, 2.24) is 9.97 Å². The molecule has 0 unspecified atom stereocenters. The molecule has 11 heteroatoms. The van der Waals surface area contributed by atoms with Crippen molar-refractivity contribution in [2.45, 2.75) is 13.2 Å². The quantitative estimate of drug-likeness (QED) is 0.497. The highest BCUT2D eigenvalue weighted by atomic mass is 19.3. The van der Waals surface area contributed by atoms with Crippen LogP contribution in [-0.2, 0) is 4.74 Å². The number of amidine groups is 1. The van der Waals surface area contributed by atoms with Gasteiger partial charge in [-0.05, 0) is 0 Å². The highest BCUT2D eigenvalue weighted by Crippen LogP contribution is 2.22. The Morgan fingerprint density at radius 1 is 1.16 bits per heavy atom. The fourth-order valence-corrected chi connectivity index (χ4v) is 0.890. The van der Waals surface area contributed by atoms with Crippen molar-refractivity contribution in [2.75, 3.05) is 7.11 Å². The van der Waals surface area contributed by atoms with E-state index in [4.69, 9.17) is 5.73 Å². The van der Waals surface area contributed by atoms with Gasteiger partial charge in [-0.25, -0.2) is 0 Å². The molecule has 0 fully saturated rings. The van der Waals surface area contributed by atoms with E-state index < -0.39 is 37.0 Å². The summed E-state index contributed by atoms with van der Waals surface area (Å²) in [6, 6.07) is 0.248. The molecular formula is C8H8F4N4O3. The third kappa shape index (κ3) is 5.23. The smallest absolute Gasteiger partial charge is 0.388 e. The average Bonchev–Trinajstić information content (AvgIpc) is 2.26. The molecule has 0 aliphatic rings. The van der Waals surface area contributed by atoms with E-state index in [2.05, 4.69) is 29.2 Å². The van der Waals surface area contributed by atoms with Crippen LogP contribution in [0.5, 0.6) is 11.8 Å². The molecule has 0 saturated carbocycles. The predicted octanol–water partition coefficient (Wildman–Crippen LogP) is 1.27. The normalized spacial score (nSPS) is 11.8. The first-order valence-corrected chi connectivity index (χ1v) is 4.57. The van der Waals surface area contributed by atoms with E-state index in [0.29, 0.717) is 6.07 Å². The molecule has 0 radical (unpaired) electrons. The fourth-order valence-electron chi connectivity index (χ4n) is 0.890. The zero-order chi connectivity index (χ0) is 14.4. The van der Waals surface area contributed by atoms with Gasteiger partial charge >= 0.3 is 13.2 Å². The fraction of sp³-hybridized carbons (Fsp3) is 0.375. The van der Waals surface area contributed by atoms with Gasteiger partial charge in [0.2, 0.25) is 11.8 Å². The molecule has 2 N–H and O–H groups in total. The van der Waals surface area contributed by atoms with Gasteiger partial charge in [-0.3, -0.25) is 0 Å². The van der Waals surface area contributed by atoms with Crippen LogP contribution in [0, 0.1) is 0 Å². The number of hydrogen-bond donors (Lipinski definition) is 1. The predicted molar refractivity (Wildman–Crippen MR) is 53.6 cm³/mol. The van der Waals surface area contributed by atoms with Gasteiger partial charge in [0.25, 0.3) is 12.0 Å². The maximum absolute atomic E-state index is 12.0. The Bertz CT molecular complexity index is 429. The highest BCUT2D eigenvalue weighted by Gasteiger charge is 2.14. The van der Waals surface area contributed by atoms with Gasteiger partial charge in [-0.1, -0.05) is 0 Å². The number of nitrogens with zero attached hydrogens (tertiary/aromatic N) is 3. The second-order valence-electron chi connectivity index (χ2n) is 2.76. The van der Waals surface area contributed by atoms with Gasteiger partial charge in [-0.15, -0.1) is 0 Å². The summed E-state index contributed by atoms with van der Waals surface area (Å²) in [5.41, 5.74) is 5.18. The molecule has 0 aliphatic carbocycles. The van der Waals surface area contributed by atoms with Crippen LogP contribution in [-0.4, -0.2) is 36.3 Å². The second kappa shape index (κ2) is 6.56. The molecule has 0 saturated heterocycles. The van der Waals surface area contributed by atoms with Gasteiger partial charge in [-0.2, -0.15) is 32.5 Å². The van der Waals surface area contributed by atoms with E-state index in [1.807, 2.05) is 0 Å². The number of methoxy groups -OCH3 is 1. The molecule has 19 heavy (non-hydrogen) atoms. The number of aromatic nitrogens is 2. The molecule has 1 rings (SSSR count). The SMILES string of the molecule is COC(N)=Nc1nc(OC(F)F)cc(OC(F)F)n1. The summed E-state index contributed by atoms with van der Waals surface area (Å²) in [6.45, 7) is -6.41. The molecule has 0 spiro atoms. The molecule has 7 nitrogen and oxygen atoms in total. The zero-order valence-electron chi connectivity index (χ0n) is 9.39. The van der Waals surface area contributed by atoms with Crippen LogP contribution in [0.2, 0.25) is 0 Å². The minimum atomic E-state index is -3.20. The Morgan fingerprint density at radius 2 is 1.63 bits per heavy atom. The summed E-state index contributed by atoms with van der Waals surface area (Å²) in [5, 5.41) is 0. The summed E-state index contributed by atoms with van der Waals surface area (Å²) in [6.07, 6.45) is 0. The lowest BCUT2D eigenvalue weighted by atomic mass is 10.6. The molecule has 0 aromatic carbocycles. The Morgan fingerprint density at radius 3 is 2.00 bits per heavy atom. The van der Waals surface area contributed by atoms with Crippen LogP contribution < -0.4 is 15.2 Å². The summed E-state index contributed by atoms with van der Waals surface area (Å²) in [5.74, 6) is -1.94. The van der Waals surface area contributed by atoms with Crippen LogP contribution >= 0.6 is 0 Å². The van der Waals surface area contributed by atoms with Gasteiger partial charge < -0.3 is 19.9 Å². The first-order valence-electron chi connectivity index (χ1n) is 4.57. The van der Waals surface area contributed by atoms with E-state index in [0.717, 1.165) is 0 Å². The molecule has 0 aliphatic heterocycles. The van der Waals surface area contributed by atoms with E-state index in [-0.39, 0.29) is 0 Å². The number of ether oxygens (including phenoxy) is 3. The number of nitrogens with two attached hydrogens (primary N) is 1. The van der Waals surface area contributed by atoms with E-state index in [1.54, 1.807) is 0 Å². The summed E-state index contributed by atoms with van der Waals surface area (Å²) in [4.78, 5) is 10.2. The lowest BCUT2D eigenvalue weighted by Crippen LogP contribution is -2.13. The van der Waals surface area contributed by atoms with Crippen molar-refractivity contribution >= 4 is 12.0 Å². The van der Waals surface area contributed by atoms with Gasteiger partial charge in [0.1, 0.15) is 0 Å². The Balaban J connectivity index is 3.08. The van der Waals surface area contributed by atoms with Crippen molar-refractivity contribution in [3.05, 3.63) is 6.07 Å². The van der Waals surface area contributed by atoms with Crippen LogP contribution in [0.15, 0.2) is 11.1 Å². The Kier molecular flexibility index (Phi) is 5.09. The molecule has 1 aromatic heterocycles. The van der Waals surface area contributed by atoms with Crippen LogP contribution in [0.4, 0.5) is 23.5 Å². The maximum atomic E-state index is 12.0. The number of halogens is 4. The molecule has 1 heterocycles. The van der Waals surface area contributed by atoms with E-state index in [9.17, 15) is 17.6 Å². The lowest BCUT2D eigenvalue weighted by molar-refractivity contribution is -0.0579.